The number of nitrogens with one attached hydrogen (secondary N) is 1. The van der Waals surface area contributed by atoms with Gasteiger partial charge in [-0.25, -0.2) is 0 Å². The van der Waals surface area contributed by atoms with Crippen molar-refractivity contribution >= 4 is 5.91 Å². The van der Waals surface area contributed by atoms with Gasteiger partial charge in [0.2, 0.25) is 0 Å². The predicted molar refractivity (Wildman–Crippen MR) is 92.3 cm³/mol. The molecule has 23 heavy (non-hydrogen) atoms. The molecule has 1 N–H and O–H groups in total. The number of pyridine rings is 1. The molecule has 0 fully saturated rings. The lowest BCUT2D eigenvalue weighted by molar-refractivity contribution is 0.0962. The zero-order valence-corrected chi connectivity index (χ0v) is 13.0. The summed E-state index contributed by atoms with van der Waals surface area (Å²) in [5.41, 5.74) is 4.90. The number of aromatic nitrogens is 1. The summed E-state index contributed by atoms with van der Waals surface area (Å²) in [7, 11) is 1.63. The molecule has 2 aromatic carbocycles. The highest BCUT2D eigenvalue weighted by atomic mass is 16.1. The maximum absolute atomic E-state index is 12.0. The Morgan fingerprint density at radius 2 is 1.74 bits per heavy atom. The smallest absolute Gasteiger partial charge is 0.252 e. The van der Waals surface area contributed by atoms with Crippen LogP contribution in [0.3, 0.4) is 0 Å². The SMILES string of the molecule is CNC(=O)c1cccnc1Cc1cccc(-c2ccccc2)c1. The Hall–Kier alpha value is -2.94. The van der Waals surface area contributed by atoms with Crippen molar-refractivity contribution in [2.45, 2.75) is 6.42 Å². The summed E-state index contributed by atoms with van der Waals surface area (Å²) in [5.74, 6) is -0.104. The number of benzene rings is 2. The van der Waals surface area contributed by atoms with E-state index < -0.39 is 0 Å². The Morgan fingerprint density at radius 3 is 2.52 bits per heavy atom. The van der Waals surface area contributed by atoms with Crippen LogP contribution < -0.4 is 5.32 Å². The Morgan fingerprint density at radius 1 is 0.957 bits per heavy atom. The van der Waals surface area contributed by atoms with Gasteiger partial charge in [-0.15, -0.1) is 0 Å². The highest BCUT2D eigenvalue weighted by Crippen LogP contribution is 2.21. The minimum atomic E-state index is -0.104. The number of hydrogen-bond donors (Lipinski definition) is 1. The van der Waals surface area contributed by atoms with Gasteiger partial charge in [-0.2, -0.15) is 0 Å². The van der Waals surface area contributed by atoms with Gasteiger partial charge in [0, 0.05) is 19.7 Å². The largest absolute Gasteiger partial charge is 0.355 e. The van der Waals surface area contributed by atoms with Crippen LogP contribution in [0.2, 0.25) is 0 Å². The Labute approximate surface area is 136 Å². The van der Waals surface area contributed by atoms with Crippen LogP contribution >= 0.6 is 0 Å². The van der Waals surface area contributed by atoms with E-state index >= 15 is 0 Å². The fourth-order valence-electron chi connectivity index (χ4n) is 2.61. The molecule has 0 aliphatic rings. The first kappa shape index (κ1) is 15.0. The van der Waals surface area contributed by atoms with Crippen molar-refractivity contribution in [3.63, 3.8) is 0 Å². The zero-order chi connectivity index (χ0) is 16.1. The van der Waals surface area contributed by atoms with Crippen molar-refractivity contribution in [3.05, 3.63) is 89.7 Å². The molecule has 114 valence electrons. The normalized spacial score (nSPS) is 10.3. The summed E-state index contributed by atoms with van der Waals surface area (Å²) in [4.78, 5) is 16.3. The summed E-state index contributed by atoms with van der Waals surface area (Å²) in [6, 6.07) is 22.2. The van der Waals surface area contributed by atoms with Crippen molar-refractivity contribution in [2.75, 3.05) is 7.05 Å². The third-order valence-electron chi connectivity index (χ3n) is 3.77. The highest BCUT2D eigenvalue weighted by Gasteiger charge is 2.11. The van der Waals surface area contributed by atoms with Crippen LogP contribution in [0, 0.1) is 0 Å². The second-order valence-corrected chi connectivity index (χ2v) is 5.32. The Bertz CT molecular complexity index is 813. The summed E-state index contributed by atoms with van der Waals surface area (Å²) in [6.07, 6.45) is 2.35. The van der Waals surface area contributed by atoms with E-state index in [0.29, 0.717) is 12.0 Å². The molecule has 3 rings (SSSR count). The second-order valence-electron chi connectivity index (χ2n) is 5.32. The van der Waals surface area contributed by atoms with Gasteiger partial charge in [0.25, 0.3) is 5.91 Å². The lowest BCUT2D eigenvalue weighted by atomic mass is 9.99. The maximum Gasteiger partial charge on any atom is 0.252 e. The molecule has 0 bridgehead atoms. The van der Waals surface area contributed by atoms with Crippen LogP contribution in [-0.4, -0.2) is 17.9 Å². The quantitative estimate of drug-likeness (QED) is 0.798. The van der Waals surface area contributed by atoms with Gasteiger partial charge in [-0.1, -0.05) is 54.6 Å². The number of amides is 1. The van der Waals surface area contributed by atoms with E-state index in [9.17, 15) is 4.79 Å². The van der Waals surface area contributed by atoms with E-state index in [4.69, 9.17) is 0 Å². The fourth-order valence-corrected chi connectivity index (χ4v) is 2.61. The molecular formula is C20H18N2O. The molecule has 1 aromatic heterocycles. The van der Waals surface area contributed by atoms with Crippen molar-refractivity contribution in [1.82, 2.24) is 10.3 Å². The lowest BCUT2D eigenvalue weighted by Crippen LogP contribution is -2.20. The van der Waals surface area contributed by atoms with Gasteiger partial charge < -0.3 is 5.32 Å². The first-order chi connectivity index (χ1) is 11.3. The molecule has 0 unspecified atom stereocenters. The van der Waals surface area contributed by atoms with E-state index in [-0.39, 0.29) is 5.91 Å². The topological polar surface area (TPSA) is 42.0 Å². The first-order valence-electron chi connectivity index (χ1n) is 7.58. The van der Waals surface area contributed by atoms with Gasteiger partial charge >= 0.3 is 0 Å². The van der Waals surface area contributed by atoms with Crippen molar-refractivity contribution < 1.29 is 4.79 Å². The average Bonchev–Trinajstić information content (AvgIpc) is 2.62. The van der Waals surface area contributed by atoms with Crippen molar-refractivity contribution in [2.24, 2.45) is 0 Å². The molecule has 0 atom stereocenters. The maximum atomic E-state index is 12.0. The third kappa shape index (κ3) is 3.46. The standard InChI is InChI=1S/C20H18N2O/c1-21-20(23)18-11-6-12-22-19(18)14-15-7-5-10-17(13-15)16-8-3-2-4-9-16/h2-13H,14H2,1H3,(H,21,23). The van der Waals surface area contributed by atoms with Crippen LogP contribution in [0.1, 0.15) is 21.6 Å². The highest BCUT2D eigenvalue weighted by molar-refractivity contribution is 5.95. The molecule has 0 aliphatic heterocycles. The summed E-state index contributed by atoms with van der Waals surface area (Å²) < 4.78 is 0. The number of rotatable bonds is 4. The minimum absolute atomic E-state index is 0.104. The van der Waals surface area contributed by atoms with Gasteiger partial charge in [0.05, 0.1) is 11.3 Å². The van der Waals surface area contributed by atoms with E-state index in [0.717, 1.165) is 11.3 Å². The van der Waals surface area contributed by atoms with E-state index in [1.807, 2.05) is 30.3 Å². The molecule has 0 spiro atoms. The number of carbonyl (C=O) groups is 1. The molecule has 0 aliphatic carbocycles. The number of carbonyl (C=O) groups excluding carboxylic acids is 1. The molecule has 1 amide bonds. The molecule has 3 nitrogen and oxygen atoms in total. The van der Waals surface area contributed by atoms with Crippen molar-refractivity contribution in [3.8, 4) is 11.1 Å². The number of hydrogen-bond acceptors (Lipinski definition) is 2. The molecule has 3 heteroatoms. The summed E-state index contributed by atoms with van der Waals surface area (Å²) >= 11 is 0. The average molecular weight is 302 g/mol. The minimum Gasteiger partial charge on any atom is -0.355 e. The van der Waals surface area contributed by atoms with Crippen LogP contribution in [0.25, 0.3) is 11.1 Å². The van der Waals surface area contributed by atoms with Crippen LogP contribution in [0.4, 0.5) is 0 Å². The van der Waals surface area contributed by atoms with E-state index in [1.54, 1.807) is 19.3 Å². The Kier molecular flexibility index (Phi) is 4.48. The second kappa shape index (κ2) is 6.88. The number of nitrogens with zero attached hydrogens (tertiary/aromatic N) is 1. The van der Waals surface area contributed by atoms with Gasteiger partial charge in [0.15, 0.2) is 0 Å². The van der Waals surface area contributed by atoms with Crippen LogP contribution in [0.5, 0.6) is 0 Å². The molecule has 3 aromatic rings. The molecule has 0 saturated carbocycles. The summed E-state index contributed by atoms with van der Waals surface area (Å²) in [5, 5.41) is 2.67. The first-order valence-corrected chi connectivity index (χ1v) is 7.58. The van der Waals surface area contributed by atoms with Crippen LogP contribution in [0.15, 0.2) is 72.9 Å². The Balaban J connectivity index is 1.92. The zero-order valence-electron chi connectivity index (χ0n) is 13.0. The summed E-state index contributed by atoms with van der Waals surface area (Å²) in [6.45, 7) is 0. The molecule has 0 saturated heterocycles. The van der Waals surface area contributed by atoms with E-state index in [1.165, 1.54) is 11.1 Å². The van der Waals surface area contributed by atoms with Crippen molar-refractivity contribution in [1.29, 1.82) is 0 Å². The van der Waals surface area contributed by atoms with E-state index in [2.05, 4.69) is 40.6 Å². The van der Waals surface area contributed by atoms with Crippen LogP contribution in [-0.2, 0) is 6.42 Å². The lowest BCUT2D eigenvalue weighted by Gasteiger charge is -2.09. The van der Waals surface area contributed by atoms with Gasteiger partial charge in [-0.05, 0) is 28.8 Å². The van der Waals surface area contributed by atoms with Gasteiger partial charge in [-0.3, -0.25) is 9.78 Å². The molecule has 1 heterocycles. The third-order valence-corrected chi connectivity index (χ3v) is 3.77. The fraction of sp³-hybridized carbons (Fsp3) is 0.100. The monoisotopic (exact) mass is 302 g/mol. The predicted octanol–water partition coefficient (Wildman–Crippen LogP) is 3.70. The molecule has 0 radical (unpaired) electrons. The van der Waals surface area contributed by atoms with Gasteiger partial charge in [0.1, 0.15) is 0 Å². The molecular weight excluding hydrogens is 284 g/mol.